The van der Waals surface area contributed by atoms with Gasteiger partial charge in [0.1, 0.15) is 5.69 Å². The van der Waals surface area contributed by atoms with Gasteiger partial charge in [-0.15, -0.1) is 0 Å². The third kappa shape index (κ3) is 7.57. The van der Waals surface area contributed by atoms with Crippen molar-refractivity contribution in [1.29, 1.82) is 0 Å². The fourth-order valence-corrected chi connectivity index (χ4v) is 5.40. The molecule has 2 N–H and O–H groups in total. The SMILES string of the molecule is Cc1ncc(NC(=O)c2cccc(C(F)(F)F)c2)cc1-c1cnc(OCCC2CCN(C(=O)O)CC2)c(N2CCOCC2)c1. The van der Waals surface area contributed by atoms with Crippen molar-refractivity contribution in [2.24, 2.45) is 5.92 Å². The van der Waals surface area contributed by atoms with Crippen LogP contribution in [-0.4, -0.2) is 78.0 Å². The summed E-state index contributed by atoms with van der Waals surface area (Å²) < 4.78 is 51.1. The number of aromatic nitrogens is 2. The Morgan fingerprint density at radius 3 is 2.52 bits per heavy atom. The molecule has 2 amide bonds. The summed E-state index contributed by atoms with van der Waals surface area (Å²) in [5.74, 6) is 0.176. The van der Waals surface area contributed by atoms with E-state index in [-0.39, 0.29) is 5.56 Å². The molecule has 0 saturated carbocycles. The van der Waals surface area contributed by atoms with Gasteiger partial charge in [0.2, 0.25) is 5.88 Å². The van der Waals surface area contributed by atoms with Crippen LogP contribution in [0.15, 0.2) is 48.8 Å². The summed E-state index contributed by atoms with van der Waals surface area (Å²) in [6.45, 7) is 5.74. The second-order valence-corrected chi connectivity index (χ2v) is 10.9. The van der Waals surface area contributed by atoms with Crippen molar-refractivity contribution in [2.45, 2.75) is 32.4 Å². The number of morpholine rings is 1. The molecule has 2 aliphatic rings. The number of rotatable bonds is 8. The van der Waals surface area contributed by atoms with Gasteiger partial charge >= 0.3 is 12.3 Å². The number of ether oxygens (including phenoxy) is 2. The van der Waals surface area contributed by atoms with E-state index in [0.717, 1.165) is 42.6 Å². The number of hydrogen-bond donors (Lipinski definition) is 2. The number of carboxylic acid groups (broad SMARTS) is 1. The molecule has 2 saturated heterocycles. The first kappa shape index (κ1) is 31.0. The largest absolute Gasteiger partial charge is 0.476 e. The normalized spacial score (nSPS) is 16.1. The predicted octanol–water partition coefficient (Wildman–Crippen LogP) is 5.72. The van der Waals surface area contributed by atoms with Crippen molar-refractivity contribution in [1.82, 2.24) is 14.9 Å². The Morgan fingerprint density at radius 2 is 1.82 bits per heavy atom. The second kappa shape index (κ2) is 13.5. The number of benzene rings is 1. The van der Waals surface area contributed by atoms with Gasteiger partial charge in [0.25, 0.3) is 5.91 Å². The first-order chi connectivity index (χ1) is 21.1. The first-order valence-corrected chi connectivity index (χ1v) is 14.5. The fraction of sp³-hybridized carbons (Fsp3) is 0.419. The number of carbonyl (C=O) groups is 2. The van der Waals surface area contributed by atoms with Gasteiger partial charge in [-0.2, -0.15) is 13.2 Å². The lowest BCUT2D eigenvalue weighted by Gasteiger charge is -2.31. The molecule has 10 nitrogen and oxygen atoms in total. The molecule has 0 atom stereocenters. The molecule has 0 aliphatic carbocycles. The lowest BCUT2D eigenvalue weighted by atomic mass is 9.94. The summed E-state index contributed by atoms with van der Waals surface area (Å²) in [5.41, 5.74) is 2.22. The molecule has 1 aromatic carbocycles. The maximum Gasteiger partial charge on any atom is 0.416 e. The number of alkyl halides is 3. The van der Waals surface area contributed by atoms with Crippen molar-refractivity contribution < 1.29 is 37.3 Å². The highest BCUT2D eigenvalue weighted by molar-refractivity contribution is 6.04. The smallest absolute Gasteiger partial charge is 0.416 e. The molecule has 44 heavy (non-hydrogen) atoms. The number of anilines is 2. The van der Waals surface area contributed by atoms with E-state index in [0.29, 0.717) is 74.7 Å². The first-order valence-electron chi connectivity index (χ1n) is 14.5. The van der Waals surface area contributed by atoms with Gasteiger partial charge in [-0.05, 0) is 62.4 Å². The van der Waals surface area contributed by atoms with E-state index in [1.165, 1.54) is 23.2 Å². The van der Waals surface area contributed by atoms with Crippen LogP contribution in [0.4, 0.5) is 29.3 Å². The molecule has 0 spiro atoms. The van der Waals surface area contributed by atoms with Crippen LogP contribution in [0.2, 0.25) is 0 Å². The molecule has 2 aromatic heterocycles. The molecular formula is C31H34F3N5O5. The molecule has 13 heteroatoms. The lowest BCUT2D eigenvalue weighted by molar-refractivity contribution is -0.137. The number of pyridine rings is 2. The zero-order valence-corrected chi connectivity index (χ0v) is 24.3. The van der Waals surface area contributed by atoms with E-state index in [4.69, 9.17) is 9.47 Å². The Kier molecular flexibility index (Phi) is 9.52. The summed E-state index contributed by atoms with van der Waals surface area (Å²) in [6, 6.07) is 7.93. The fourth-order valence-electron chi connectivity index (χ4n) is 5.40. The molecular weight excluding hydrogens is 579 g/mol. The highest BCUT2D eigenvalue weighted by Crippen LogP contribution is 2.35. The highest BCUT2D eigenvalue weighted by Gasteiger charge is 2.31. The molecule has 3 aromatic rings. The van der Waals surface area contributed by atoms with E-state index in [2.05, 4.69) is 20.2 Å². The Balaban J connectivity index is 1.33. The van der Waals surface area contributed by atoms with Crippen molar-refractivity contribution in [3.63, 3.8) is 0 Å². The average Bonchev–Trinajstić information content (AvgIpc) is 3.02. The van der Waals surface area contributed by atoms with Crippen molar-refractivity contribution in [3.05, 3.63) is 65.6 Å². The molecule has 2 fully saturated rings. The van der Waals surface area contributed by atoms with E-state index in [1.807, 2.05) is 13.0 Å². The maximum absolute atomic E-state index is 13.1. The Labute approximate surface area is 252 Å². The molecule has 234 valence electrons. The van der Waals surface area contributed by atoms with Gasteiger partial charge in [-0.3, -0.25) is 9.78 Å². The topological polar surface area (TPSA) is 117 Å². The number of nitrogens with one attached hydrogen (secondary N) is 1. The summed E-state index contributed by atoms with van der Waals surface area (Å²) in [5, 5.41) is 11.8. The number of hydrogen-bond acceptors (Lipinski definition) is 7. The van der Waals surface area contributed by atoms with Crippen LogP contribution in [0.1, 0.15) is 40.9 Å². The van der Waals surface area contributed by atoms with Gasteiger partial charge < -0.3 is 29.7 Å². The molecule has 0 bridgehead atoms. The predicted molar refractivity (Wildman–Crippen MR) is 157 cm³/mol. The number of carbonyl (C=O) groups excluding carboxylic acids is 1. The van der Waals surface area contributed by atoms with Crippen molar-refractivity contribution in [3.8, 4) is 17.0 Å². The Hall–Kier alpha value is -4.39. The third-order valence-electron chi connectivity index (χ3n) is 7.94. The lowest BCUT2D eigenvalue weighted by Crippen LogP contribution is -2.37. The van der Waals surface area contributed by atoms with Crippen molar-refractivity contribution in [2.75, 3.05) is 56.2 Å². The van der Waals surface area contributed by atoms with Gasteiger partial charge in [0, 0.05) is 54.8 Å². The average molecular weight is 614 g/mol. The number of piperidine rings is 1. The number of amides is 2. The zero-order valence-electron chi connectivity index (χ0n) is 24.3. The molecule has 0 radical (unpaired) electrons. The minimum atomic E-state index is -4.56. The minimum Gasteiger partial charge on any atom is -0.476 e. The zero-order chi connectivity index (χ0) is 31.3. The van der Waals surface area contributed by atoms with E-state index in [9.17, 15) is 27.9 Å². The van der Waals surface area contributed by atoms with E-state index in [1.54, 1.807) is 12.3 Å². The van der Waals surface area contributed by atoms with Gasteiger partial charge in [-0.25, -0.2) is 9.78 Å². The van der Waals surface area contributed by atoms with Crippen LogP contribution in [-0.2, 0) is 10.9 Å². The summed E-state index contributed by atoms with van der Waals surface area (Å²) >= 11 is 0. The molecule has 2 aliphatic heterocycles. The van der Waals surface area contributed by atoms with Crippen LogP contribution < -0.4 is 15.0 Å². The van der Waals surface area contributed by atoms with E-state index >= 15 is 0 Å². The summed E-state index contributed by atoms with van der Waals surface area (Å²) in [7, 11) is 0. The molecule has 5 rings (SSSR count). The van der Waals surface area contributed by atoms with E-state index < -0.39 is 23.7 Å². The number of halogens is 3. The van der Waals surface area contributed by atoms with Crippen molar-refractivity contribution >= 4 is 23.4 Å². The second-order valence-electron chi connectivity index (χ2n) is 10.9. The van der Waals surface area contributed by atoms with Gasteiger partial charge in [0.05, 0.1) is 37.3 Å². The van der Waals surface area contributed by atoms with Gasteiger partial charge in [0.15, 0.2) is 0 Å². The highest BCUT2D eigenvalue weighted by atomic mass is 19.4. The molecule has 0 unspecified atom stereocenters. The van der Waals surface area contributed by atoms with Crippen LogP contribution in [0.25, 0.3) is 11.1 Å². The van der Waals surface area contributed by atoms with Gasteiger partial charge in [-0.1, -0.05) is 6.07 Å². The monoisotopic (exact) mass is 613 g/mol. The van der Waals surface area contributed by atoms with Crippen LogP contribution in [0, 0.1) is 12.8 Å². The minimum absolute atomic E-state index is 0.118. The third-order valence-corrected chi connectivity index (χ3v) is 7.94. The quantitative estimate of drug-likeness (QED) is 0.332. The number of nitrogens with zero attached hydrogens (tertiary/aromatic N) is 4. The molecule has 4 heterocycles. The Morgan fingerprint density at radius 1 is 1.07 bits per heavy atom. The summed E-state index contributed by atoms with van der Waals surface area (Å²) in [4.78, 5) is 36.6. The van der Waals surface area contributed by atoms with Crippen LogP contribution in [0.3, 0.4) is 0 Å². The summed E-state index contributed by atoms with van der Waals surface area (Å²) in [6.07, 6.45) is 0.0716. The maximum atomic E-state index is 13.1. The standard InChI is InChI=1S/C31H34F3N5O5/c1-20-26(17-25(19-35-20)37-28(40)22-3-2-4-24(15-22)31(32,33)34)23-16-27(38-10-13-43-14-11-38)29(36-18-23)44-12-7-21-5-8-39(9-6-21)30(41)42/h2-4,15-19,21H,5-14H2,1H3,(H,37,40)(H,41,42). The van der Waals surface area contributed by atoms with Crippen LogP contribution >= 0.6 is 0 Å². The number of aryl methyl sites for hydroxylation is 1. The van der Waals surface area contributed by atoms with Crippen LogP contribution in [0.5, 0.6) is 5.88 Å². The Bertz CT molecular complexity index is 1490. The number of likely N-dealkylation sites (tertiary alicyclic amines) is 1.